The second-order valence-corrected chi connectivity index (χ2v) is 5.57. The molecule has 2 saturated carbocycles. The normalized spacial score (nSPS) is 26.9. The molecule has 0 aromatic rings. The fourth-order valence-electron chi connectivity index (χ4n) is 2.93. The van der Waals surface area contributed by atoms with Crippen molar-refractivity contribution < 1.29 is 0 Å². The lowest BCUT2D eigenvalue weighted by Gasteiger charge is -2.35. The van der Waals surface area contributed by atoms with Gasteiger partial charge in [-0.1, -0.05) is 32.1 Å². The molecule has 2 fully saturated rings. The van der Waals surface area contributed by atoms with Gasteiger partial charge >= 0.3 is 0 Å². The minimum Gasteiger partial charge on any atom is -0.297 e. The van der Waals surface area contributed by atoms with Crippen LogP contribution in [0.5, 0.6) is 0 Å². The van der Waals surface area contributed by atoms with Crippen molar-refractivity contribution in [1.29, 1.82) is 5.26 Å². The molecular weight excluding hydrogens is 184 g/mol. The Kier molecular flexibility index (Phi) is 3.31. The summed E-state index contributed by atoms with van der Waals surface area (Å²) >= 11 is 0. The third kappa shape index (κ3) is 2.72. The standard InChI is InChI=1S/C13H22N2/c1-13(10-14,9-11-5-4-6-11)15-12-7-2-3-8-12/h11-12,15H,2-9H2,1H3. The summed E-state index contributed by atoms with van der Waals surface area (Å²) in [6.07, 6.45) is 10.3. The molecule has 84 valence electrons. The zero-order valence-corrected chi connectivity index (χ0v) is 9.76. The first-order valence-electron chi connectivity index (χ1n) is 6.41. The molecule has 0 aliphatic heterocycles. The van der Waals surface area contributed by atoms with E-state index in [9.17, 15) is 5.26 Å². The molecule has 0 aromatic heterocycles. The highest BCUT2D eigenvalue weighted by Crippen LogP contribution is 2.34. The van der Waals surface area contributed by atoms with Gasteiger partial charge < -0.3 is 0 Å². The Labute approximate surface area is 93.0 Å². The molecule has 1 atom stereocenters. The molecule has 0 aromatic carbocycles. The van der Waals surface area contributed by atoms with E-state index < -0.39 is 0 Å². The van der Waals surface area contributed by atoms with Gasteiger partial charge in [0.05, 0.1) is 6.07 Å². The molecule has 2 heteroatoms. The summed E-state index contributed by atoms with van der Waals surface area (Å²) in [5, 5.41) is 12.9. The van der Waals surface area contributed by atoms with Crippen LogP contribution in [-0.4, -0.2) is 11.6 Å². The van der Waals surface area contributed by atoms with Gasteiger partial charge in [-0.2, -0.15) is 5.26 Å². The van der Waals surface area contributed by atoms with E-state index in [1.54, 1.807) is 0 Å². The van der Waals surface area contributed by atoms with Crippen molar-refractivity contribution in [2.45, 2.75) is 69.9 Å². The molecule has 2 rings (SSSR count). The first-order chi connectivity index (χ1) is 7.22. The van der Waals surface area contributed by atoms with Crippen LogP contribution in [0, 0.1) is 17.2 Å². The Morgan fingerprint density at radius 3 is 2.33 bits per heavy atom. The first-order valence-corrected chi connectivity index (χ1v) is 6.41. The number of nitriles is 1. The summed E-state index contributed by atoms with van der Waals surface area (Å²) in [7, 11) is 0. The van der Waals surface area contributed by atoms with Gasteiger partial charge in [0.2, 0.25) is 0 Å². The van der Waals surface area contributed by atoms with E-state index >= 15 is 0 Å². The summed E-state index contributed by atoms with van der Waals surface area (Å²) in [4.78, 5) is 0. The highest BCUT2D eigenvalue weighted by molar-refractivity contribution is 5.07. The Morgan fingerprint density at radius 1 is 1.20 bits per heavy atom. The summed E-state index contributed by atoms with van der Waals surface area (Å²) in [5.74, 6) is 0.809. The lowest BCUT2D eigenvalue weighted by atomic mass is 9.77. The average molecular weight is 206 g/mol. The highest BCUT2D eigenvalue weighted by Gasteiger charge is 2.33. The topological polar surface area (TPSA) is 35.8 Å². The number of rotatable bonds is 4. The monoisotopic (exact) mass is 206 g/mol. The fourth-order valence-corrected chi connectivity index (χ4v) is 2.93. The molecule has 0 amide bonds. The molecule has 0 saturated heterocycles. The molecule has 2 aliphatic carbocycles. The van der Waals surface area contributed by atoms with Crippen LogP contribution >= 0.6 is 0 Å². The number of hydrogen-bond acceptors (Lipinski definition) is 2. The van der Waals surface area contributed by atoms with Crippen LogP contribution in [0.1, 0.15) is 58.3 Å². The molecule has 15 heavy (non-hydrogen) atoms. The minimum atomic E-state index is -0.264. The Balaban J connectivity index is 1.85. The van der Waals surface area contributed by atoms with Crippen LogP contribution in [0.2, 0.25) is 0 Å². The predicted molar refractivity (Wildman–Crippen MR) is 61.4 cm³/mol. The van der Waals surface area contributed by atoms with Gasteiger partial charge in [0.15, 0.2) is 0 Å². The Bertz CT molecular complexity index is 246. The van der Waals surface area contributed by atoms with Crippen molar-refractivity contribution in [2.75, 3.05) is 0 Å². The van der Waals surface area contributed by atoms with Gasteiger partial charge in [-0.3, -0.25) is 5.32 Å². The number of nitrogens with one attached hydrogen (secondary N) is 1. The van der Waals surface area contributed by atoms with Crippen LogP contribution in [0.4, 0.5) is 0 Å². The van der Waals surface area contributed by atoms with Crippen molar-refractivity contribution in [1.82, 2.24) is 5.32 Å². The lowest BCUT2D eigenvalue weighted by Crippen LogP contribution is -2.48. The fraction of sp³-hybridized carbons (Fsp3) is 0.923. The van der Waals surface area contributed by atoms with Gasteiger partial charge in [-0.15, -0.1) is 0 Å². The van der Waals surface area contributed by atoms with Crippen LogP contribution in [0.15, 0.2) is 0 Å². The maximum Gasteiger partial charge on any atom is 0.104 e. The van der Waals surface area contributed by atoms with Crippen molar-refractivity contribution in [3.8, 4) is 6.07 Å². The van der Waals surface area contributed by atoms with Gasteiger partial charge in [0, 0.05) is 6.04 Å². The molecule has 0 heterocycles. The molecule has 2 aliphatic rings. The predicted octanol–water partition coefficient (Wildman–Crippen LogP) is 2.99. The summed E-state index contributed by atoms with van der Waals surface area (Å²) in [6, 6.07) is 3.10. The van der Waals surface area contributed by atoms with Crippen molar-refractivity contribution in [3.63, 3.8) is 0 Å². The second kappa shape index (κ2) is 4.53. The van der Waals surface area contributed by atoms with E-state index in [-0.39, 0.29) is 5.54 Å². The van der Waals surface area contributed by atoms with E-state index in [0.717, 1.165) is 12.3 Å². The van der Waals surface area contributed by atoms with E-state index in [4.69, 9.17) is 0 Å². The molecule has 2 nitrogen and oxygen atoms in total. The van der Waals surface area contributed by atoms with Crippen LogP contribution in [0.25, 0.3) is 0 Å². The smallest absolute Gasteiger partial charge is 0.104 e. The van der Waals surface area contributed by atoms with Crippen LogP contribution in [-0.2, 0) is 0 Å². The largest absolute Gasteiger partial charge is 0.297 e. The summed E-state index contributed by atoms with van der Waals surface area (Å²) in [6.45, 7) is 2.09. The highest BCUT2D eigenvalue weighted by atomic mass is 15.0. The van der Waals surface area contributed by atoms with E-state index in [1.807, 2.05) is 0 Å². The van der Waals surface area contributed by atoms with Gasteiger partial charge in [-0.05, 0) is 32.1 Å². The third-order valence-electron chi connectivity index (χ3n) is 4.05. The zero-order chi connectivity index (χ0) is 10.7. The molecule has 0 radical (unpaired) electrons. The first kappa shape index (κ1) is 11.0. The maximum absolute atomic E-state index is 9.30. The lowest BCUT2D eigenvalue weighted by molar-refractivity contribution is 0.225. The molecule has 1 unspecified atom stereocenters. The zero-order valence-electron chi connectivity index (χ0n) is 9.76. The Morgan fingerprint density at radius 2 is 1.87 bits per heavy atom. The SMILES string of the molecule is CC(C#N)(CC1CCC1)NC1CCCC1. The molecule has 0 spiro atoms. The number of hydrogen-bond donors (Lipinski definition) is 1. The Hall–Kier alpha value is -0.550. The maximum atomic E-state index is 9.30. The van der Waals surface area contributed by atoms with E-state index in [0.29, 0.717) is 6.04 Å². The van der Waals surface area contributed by atoms with Crippen molar-refractivity contribution in [3.05, 3.63) is 0 Å². The van der Waals surface area contributed by atoms with Crippen molar-refractivity contribution in [2.24, 2.45) is 5.92 Å². The second-order valence-electron chi connectivity index (χ2n) is 5.57. The van der Waals surface area contributed by atoms with E-state index in [2.05, 4.69) is 18.3 Å². The minimum absolute atomic E-state index is 0.264. The summed E-state index contributed by atoms with van der Waals surface area (Å²) in [5.41, 5.74) is -0.264. The molecule has 1 N–H and O–H groups in total. The molecular formula is C13H22N2. The van der Waals surface area contributed by atoms with Crippen LogP contribution in [0.3, 0.4) is 0 Å². The van der Waals surface area contributed by atoms with Gasteiger partial charge in [0.1, 0.15) is 5.54 Å². The van der Waals surface area contributed by atoms with Gasteiger partial charge in [-0.25, -0.2) is 0 Å². The third-order valence-corrected chi connectivity index (χ3v) is 4.05. The quantitative estimate of drug-likeness (QED) is 0.767. The van der Waals surface area contributed by atoms with E-state index in [1.165, 1.54) is 44.9 Å². The summed E-state index contributed by atoms with van der Waals surface area (Å²) < 4.78 is 0. The number of nitrogens with zero attached hydrogens (tertiary/aromatic N) is 1. The average Bonchev–Trinajstić information content (AvgIpc) is 2.64. The van der Waals surface area contributed by atoms with Crippen molar-refractivity contribution >= 4 is 0 Å². The molecule has 0 bridgehead atoms. The van der Waals surface area contributed by atoms with Gasteiger partial charge in [0.25, 0.3) is 0 Å². The van der Waals surface area contributed by atoms with Crippen LogP contribution < -0.4 is 5.32 Å².